The maximum absolute atomic E-state index is 11.9. The van der Waals surface area contributed by atoms with Crippen LogP contribution >= 0.6 is 15.9 Å². The fraction of sp³-hybridized carbons (Fsp3) is 0.0667. The highest BCUT2D eigenvalue weighted by molar-refractivity contribution is 9.10. The van der Waals surface area contributed by atoms with E-state index in [1.54, 1.807) is 12.3 Å². The molecule has 0 atom stereocenters. The summed E-state index contributed by atoms with van der Waals surface area (Å²) >= 11 is 3.35. The van der Waals surface area contributed by atoms with Crippen molar-refractivity contribution in [2.45, 2.75) is 0 Å². The summed E-state index contributed by atoms with van der Waals surface area (Å²) in [6.07, 6.45) is 1.71. The number of hydrogen-bond acceptors (Lipinski definition) is 3. The molecule has 1 amide bonds. The second kappa shape index (κ2) is 5.97. The van der Waals surface area contributed by atoms with Crippen LogP contribution in [0.3, 0.4) is 0 Å². The lowest BCUT2D eigenvalue weighted by Crippen LogP contribution is -2.20. The van der Waals surface area contributed by atoms with E-state index in [0.29, 0.717) is 11.4 Å². The third kappa shape index (κ3) is 3.41. The molecule has 0 radical (unpaired) electrons. The smallest absolute Gasteiger partial charge is 0.262 e. The number of rotatable bonds is 4. The van der Waals surface area contributed by atoms with Gasteiger partial charge in [-0.1, -0.05) is 22.0 Å². The number of nitrogens with zero attached hydrogens (tertiary/aromatic N) is 1. The van der Waals surface area contributed by atoms with Gasteiger partial charge in [0.25, 0.3) is 5.91 Å². The molecular formula is C15H12BrN3O2. The standard InChI is InChI=1S/C15H12BrN3O2/c16-11-2-1-3-13(7-11)21-9-15(20)18-12-4-5-14-10(6-12)8-17-19-14/h1-8H,9H2,(H,17,19)(H,18,20). The first-order valence-electron chi connectivity index (χ1n) is 6.32. The van der Waals surface area contributed by atoms with Crippen LogP contribution in [0, 0.1) is 0 Å². The fourth-order valence-electron chi connectivity index (χ4n) is 1.92. The summed E-state index contributed by atoms with van der Waals surface area (Å²) < 4.78 is 6.34. The summed E-state index contributed by atoms with van der Waals surface area (Å²) in [5.41, 5.74) is 1.64. The van der Waals surface area contributed by atoms with Gasteiger partial charge < -0.3 is 10.1 Å². The molecule has 0 bridgehead atoms. The van der Waals surface area contributed by atoms with Crippen molar-refractivity contribution < 1.29 is 9.53 Å². The second-order valence-electron chi connectivity index (χ2n) is 4.47. The van der Waals surface area contributed by atoms with Gasteiger partial charge in [-0.3, -0.25) is 9.89 Å². The Kier molecular flexibility index (Phi) is 3.87. The largest absolute Gasteiger partial charge is 0.484 e. The van der Waals surface area contributed by atoms with E-state index >= 15 is 0 Å². The molecule has 1 heterocycles. The third-order valence-electron chi connectivity index (χ3n) is 2.89. The summed E-state index contributed by atoms with van der Waals surface area (Å²) in [4.78, 5) is 11.9. The van der Waals surface area contributed by atoms with Crippen molar-refractivity contribution in [2.75, 3.05) is 11.9 Å². The predicted molar refractivity (Wildman–Crippen MR) is 84.4 cm³/mol. The van der Waals surface area contributed by atoms with Gasteiger partial charge in [0.05, 0.1) is 11.7 Å². The Labute approximate surface area is 129 Å². The van der Waals surface area contributed by atoms with Crippen LogP contribution in [0.25, 0.3) is 10.9 Å². The summed E-state index contributed by atoms with van der Waals surface area (Å²) in [5, 5.41) is 10.5. The maximum atomic E-state index is 11.9. The van der Waals surface area contributed by atoms with Gasteiger partial charge in [0.15, 0.2) is 6.61 Å². The predicted octanol–water partition coefficient (Wildman–Crippen LogP) is 3.34. The van der Waals surface area contributed by atoms with Crippen LogP contribution < -0.4 is 10.1 Å². The zero-order chi connectivity index (χ0) is 14.7. The van der Waals surface area contributed by atoms with Gasteiger partial charge >= 0.3 is 0 Å². The Morgan fingerprint density at radius 2 is 2.19 bits per heavy atom. The first-order valence-corrected chi connectivity index (χ1v) is 7.11. The van der Waals surface area contributed by atoms with Gasteiger partial charge in [-0.15, -0.1) is 0 Å². The molecule has 0 aliphatic carbocycles. The Hall–Kier alpha value is -2.34. The van der Waals surface area contributed by atoms with Gasteiger partial charge in [-0.25, -0.2) is 0 Å². The molecule has 0 fully saturated rings. The van der Waals surface area contributed by atoms with E-state index in [1.165, 1.54) is 0 Å². The Balaban J connectivity index is 1.60. The number of nitrogens with one attached hydrogen (secondary N) is 2. The van der Waals surface area contributed by atoms with E-state index in [9.17, 15) is 4.79 Å². The molecule has 6 heteroatoms. The van der Waals surface area contributed by atoms with Gasteiger partial charge in [0.1, 0.15) is 5.75 Å². The lowest BCUT2D eigenvalue weighted by Gasteiger charge is -2.08. The van der Waals surface area contributed by atoms with Gasteiger partial charge in [-0.05, 0) is 36.4 Å². The van der Waals surface area contributed by atoms with Gasteiger partial charge in [0, 0.05) is 15.5 Å². The zero-order valence-corrected chi connectivity index (χ0v) is 12.6. The highest BCUT2D eigenvalue weighted by atomic mass is 79.9. The Morgan fingerprint density at radius 3 is 3.05 bits per heavy atom. The van der Waals surface area contributed by atoms with E-state index in [4.69, 9.17) is 4.74 Å². The maximum Gasteiger partial charge on any atom is 0.262 e. The van der Waals surface area contributed by atoms with Crippen LogP contribution in [0.15, 0.2) is 53.1 Å². The van der Waals surface area contributed by atoms with Crippen molar-refractivity contribution in [3.63, 3.8) is 0 Å². The van der Waals surface area contributed by atoms with Crippen LogP contribution in [0.4, 0.5) is 5.69 Å². The molecule has 0 spiro atoms. The number of carbonyl (C=O) groups excluding carboxylic acids is 1. The second-order valence-corrected chi connectivity index (χ2v) is 5.38. The van der Waals surface area contributed by atoms with E-state index < -0.39 is 0 Å². The van der Waals surface area contributed by atoms with Crippen molar-refractivity contribution in [2.24, 2.45) is 0 Å². The average Bonchev–Trinajstić information content (AvgIpc) is 2.93. The third-order valence-corrected chi connectivity index (χ3v) is 3.38. The quantitative estimate of drug-likeness (QED) is 0.761. The molecule has 0 aliphatic heterocycles. The highest BCUT2D eigenvalue weighted by Gasteiger charge is 2.05. The van der Waals surface area contributed by atoms with E-state index in [1.807, 2.05) is 36.4 Å². The average molecular weight is 346 g/mol. The topological polar surface area (TPSA) is 67.0 Å². The van der Waals surface area contributed by atoms with Crippen molar-refractivity contribution >= 4 is 38.4 Å². The number of ether oxygens (including phenoxy) is 1. The number of benzene rings is 2. The molecule has 0 saturated carbocycles. The van der Waals surface area contributed by atoms with Crippen LogP contribution in [0.5, 0.6) is 5.75 Å². The number of anilines is 1. The normalized spacial score (nSPS) is 10.5. The van der Waals surface area contributed by atoms with Crippen LogP contribution in [0.2, 0.25) is 0 Å². The molecule has 2 N–H and O–H groups in total. The zero-order valence-electron chi connectivity index (χ0n) is 11.0. The van der Waals surface area contributed by atoms with Gasteiger partial charge in [0.2, 0.25) is 0 Å². The minimum Gasteiger partial charge on any atom is -0.484 e. The minimum atomic E-state index is -0.210. The fourth-order valence-corrected chi connectivity index (χ4v) is 2.30. The summed E-state index contributed by atoms with van der Waals surface area (Å²) in [6.45, 7) is -0.0418. The van der Waals surface area contributed by atoms with E-state index in [0.717, 1.165) is 15.4 Å². The molecule has 0 saturated heterocycles. The number of halogens is 1. The Morgan fingerprint density at radius 1 is 1.29 bits per heavy atom. The number of carbonyl (C=O) groups is 1. The van der Waals surface area contributed by atoms with Crippen molar-refractivity contribution in [3.05, 3.63) is 53.1 Å². The molecule has 3 rings (SSSR count). The first kappa shape index (κ1) is 13.6. The van der Waals surface area contributed by atoms with Gasteiger partial charge in [-0.2, -0.15) is 5.10 Å². The molecule has 5 nitrogen and oxygen atoms in total. The van der Waals surface area contributed by atoms with Crippen molar-refractivity contribution in [3.8, 4) is 5.75 Å². The molecule has 0 unspecified atom stereocenters. The summed E-state index contributed by atoms with van der Waals surface area (Å²) in [6, 6.07) is 12.9. The minimum absolute atomic E-state index is 0.0418. The van der Waals surface area contributed by atoms with E-state index in [2.05, 4.69) is 31.4 Å². The first-order chi connectivity index (χ1) is 10.2. The number of H-pyrrole nitrogens is 1. The van der Waals surface area contributed by atoms with Crippen molar-refractivity contribution in [1.29, 1.82) is 0 Å². The molecular weight excluding hydrogens is 334 g/mol. The van der Waals surface area contributed by atoms with Crippen LogP contribution in [-0.2, 0) is 4.79 Å². The lowest BCUT2D eigenvalue weighted by atomic mass is 10.2. The van der Waals surface area contributed by atoms with E-state index in [-0.39, 0.29) is 12.5 Å². The lowest BCUT2D eigenvalue weighted by molar-refractivity contribution is -0.118. The van der Waals surface area contributed by atoms with Crippen LogP contribution in [0.1, 0.15) is 0 Å². The number of amides is 1. The molecule has 106 valence electrons. The number of hydrogen-bond donors (Lipinski definition) is 2. The summed E-state index contributed by atoms with van der Waals surface area (Å²) in [5.74, 6) is 0.433. The molecule has 3 aromatic rings. The molecule has 1 aromatic heterocycles. The monoisotopic (exact) mass is 345 g/mol. The summed E-state index contributed by atoms with van der Waals surface area (Å²) in [7, 11) is 0. The number of fused-ring (bicyclic) bond motifs is 1. The Bertz CT molecular complexity index is 785. The highest BCUT2D eigenvalue weighted by Crippen LogP contribution is 2.18. The number of aromatic amines is 1. The molecule has 0 aliphatic rings. The molecule has 2 aromatic carbocycles. The number of aromatic nitrogens is 2. The molecule has 21 heavy (non-hydrogen) atoms. The van der Waals surface area contributed by atoms with Crippen LogP contribution in [-0.4, -0.2) is 22.7 Å². The SMILES string of the molecule is O=C(COc1cccc(Br)c1)Nc1ccc2[nH]ncc2c1. The van der Waals surface area contributed by atoms with Crippen molar-refractivity contribution in [1.82, 2.24) is 10.2 Å².